The lowest BCUT2D eigenvalue weighted by Gasteiger charge is -2.12. The Morgan fingerprint density at radius 3 is 2.28 bits per heavy atom. The van der Waals surface area contributed by atoms with Crippen LogP contribution in [0.4, 0.5) is 0 Å². The number of carboxylic acids is 2. The van der Waals surface area contributed by atoms with Crippen LogP contribution in [0.25, 0.3) is 0 Å². The summed E-state index contributed by atoms with van der Waals surface area (Å²) >= 11 is 0. The minimum Gasteiger partial charge on any atom is -0.481 e. The van der Waals surface area contributed by atoms with E-state index in [0.29, 0.717) is 6.42 Å². The molecule has 0 rings (SSSR count). The standard InChI is InChI=1S/C12H18O6/c1-3-5-6-18-10(13)7-9(12(16)17)8(4-2)11(14)15/h4,9H,3,5-7H2,1-2H3,(H,14,15)(H,16,17). The average molecular weight is 258 g/mol. The van der Waals surface area contributed by atoms with Crippen LogP contribution in [0.15, 0.2) is 11.6 Å². The van der Waals surface area contributed by atoms with Crippen LogP contribution in [0.3, 0.4) is 0 Å². The van der Waals surface area contributed by atoms with E-state index in [4.69, 9.17) is 14.9 Å². The highest BCUT2D eigenvalue weighted by Gasteiger charge is 2.29. The first kappa shape index (κ1) is 16.1. The summed E-state index contributed by atoms with van der Waals surface area (Å²) in [6, 6.07) is 0. The summed E-state index contributed by atoms with van der Waals surface area (Å²) in [4.78, 5) is 33.2. The normalized spacial score (nSPS) is 12.9. The SMILES string of the molecule is CC=C(C(=O)O)C(CC(=O)OCCCC)C(=O)O. The number of ether oxygens (including phenoxy) is 1. The van der Waals surface area contributed by atoms with Crippen molar-refractivity contribution < 1.29 is 29.3 Å². The van der Waals surface area contributed by atoms with E-state index in [2.05, 4.69) is 0 Å². The molecule has 0 heterocycles. The lowest BCUT2D eigenvalue weighted by atomic mass is 9.95. The van der Waals surface area contributed by atoms with E-state index in [1.54, 1.807) is 0 Å². The molecule has 0 aliphatic rings. The molecule has 0 saturated heterocycles. The van der Waals surface area contributed by atoms with E-state index >= 15 is 0 Å². The van der Waals surface area contributed by atoms with Crippen LogP contribution >= 0.6 is 0 Å². The Kier molecular flexibility index (Phi) is 7.42. The molecule has 0 amide bonds. The Bertz CT molecular complexity index is 344. The molecule has 102 valence electrons. The van der Waals surface area contributed by atoms with Gasteiger partial charge in [0.15, 0.2) is 0 Å². The van der Waals surface area contributed by atoms with Gasteiger partial charge in [-0.1, -0.05) is 19.4 Å². The van der Waals surface area contributed by atoms with Gasteiger partial charge in [0.25, 0.3) is 0 Å². The van der Waals surface area contributed by atoms with Crippen molar-refractivity contribution in [1.29, 1.82) is 0 Å². The molecule has 1 atom stereocenters. The van der Waals surface area contributed by atoms with E-state index in [-0.39, 0.29) is 12.2 Å². The number of hydrogen-bond donors (Lipinski definition) is 2. The predicted octanol–water partition coefficient (Wildman–Crippen LogP) is 1.45. The van der Waals surface area contributed by atoms with Crippen molar-refractivity contribution in [3.05, 3.63) is 11.6 Å². The van der Waals surface area contributed by atoms with Crippen LogP contribution < -0.4 is 0 Å². The number of hydrogen-bond acceptors (Lipinski definition) is 4. The highest BCUT2D eigenvalue weighted by atomic mass is 16.5. The molecule has 0 radical (unpaired) electrons. The molecule has 0 aliphatic carbocycles. The number of aliphatic carboxylic acids is 2. The van der Waals surface area contributed by atoms with Crippen LogP contribution in [0.5, 0.6) is 0 Å². The topological polar surface area (TPSA) is 101 Å². The summed E-state index contributed by atoms with van der Waals surface area (Å²) in [5.41, 5.74) is -0.310. The number of carbonyl (C=O) groups is 3. The van der Waals surface area contributed by atoms with Crippen molar-refractivity contribution in [3.8, 4) is 0 Å². The van der Waals surface area contributed by atoms with Gasteiger partial charge in [0.05, 0.1) is 18.9 Å². The van der Waals surface area contributed by atoms with Crippen molar-refractivity contribution >= 4 is 17.9 Å². The molecule has 18 heavy (non-hydrogen) atoms. The largest absolute Gasteiger partial charge is 0.481 e. The smallest absolute Gasteiger partial charge is 0.332 e. The van der Waals surface area contributed by atoms with Gasteiger partial charge in [-0.3, -0.25) is 9.59 Å². The van der Waals surface area contributed by atoms with E-state index in [1.165, 1.54) is 13.0 Å². The zero-order chi connectivity index (χ0) is 14.1. The third-order valence-electron chi connectivity index (χ3n) is 2.36. The molecule has 0 saturated carbocycles. The first-order valence-corrected chi connectivity index (χ1v) is 5.71. The van der Waals surface area contributed by atoms with Crippen molar-refractivity contribution in [3.63, 3.8) is 0 Å². The Hall–Kier alpha value is -1.85. The second-order valence-corrected chi connectivity index (χ2v) is 3.72. The number of carboxylic acid groups (broad SMARTS) is 2. The molecule has 2 N–H and O–H groups in total. The third-order valence-corrected chi connectivity index (χ3v) is 2.36. The minimum atomic E-state index is -1.37. The number of esters is 1. The number of allylic oxidation sites excluding steroid dienone is 1. The second kappa shape index (κ2) is 8.27. The van der Waals surface area contributed by atoms with E-state index in [1.807, 2.05) is 6.92 Å². The molecule has 0 fully saturated rings. The van der Waals surface area contributed by atoms with Crippen LogP contribution in [-0.4, -0.2) is 34.7 Å². The Balaban J connectivity index is 4.59. The van der Waals surface area contributed by atoms with Crippen LogP contribution in [0.1, 0.15) is 33.1 Å². The van der Waals surface area contributed by atoms with Gasteiger partial charge in [-0.15, -0.1) is 0 Å². The van der Waals surface area contributed by atoms with E-state index in [0.717, 1.165) is 6.42 Å². The zero-order valence-electron chi connectivity index (χ0n) is 10.5. The van der Waals surface area contributed by atoms with E-state index < -0.39 is 30.2 Å². The molecule has 0 bridgehead atoms. The van der Waals surface area contributed by atoms with Crippen LogP contribution in [0, 0.1) is 5.92 Å². The quantitative estimate of drug-likeness (QED) is 0.388. The van der Waals surface area contributed by atoms with Crippen molar-refractivity contribution in [2.45, 2.75) is 33.1 Å². The lowest BCUT2D eigenvalue weighted by molar-refractivity contribution is -0.151. The average Bonchev–Trinajstić information content (AvgIpc) is 2.28. The summed E-state index contributed by atoms with van der Waals surface area (Å²) in [7, 11) is 0. The molecular weight excluding hydrogens is 240 g/mol. The number of carbonyl (C=O) groups excluding carboxylic acids is 1. The first-order chi connectivity index (χ1) is 8.43. The van der Waals surface area contributed by atoms with Gasteiger partial charge in [0.2, 0.25) is 0 Å². The second-order valence-electron chi connectivity index (χ2n) is 3.72. The first-order valence-electron chi connectivity index (χ1n) is 5.71. The Labute approximate surface area is 105 Å². The fourth-order valence-electron chi connectivity index (χ4n) is 1.36. The summed E-state index contributed by atoms with van der Waals surface area (Å²) in [6.07, 6.45) is 2.26. The molecule has 0 aliphatic heterocycles. The Morgan fingerprint density at radius 2 is 1.89 bits per heavy atom. The number of rotatable bonds is 8. The van der Waals surface area contributed by atoms with Gasteiger partial charge in [0.1, 0.15) is 0 Å². The molecular formula is C12H18O6. The van der Waals surface area contributed by atoms with Gasteiger partial charge in [0, 0.05) is 5.57 Å². The maximum Gasteiger partial charge on any atom is 0.332 e. The van der Waals surface area contributed by atoms with Gasteiger partial charge >= 0.3 is 17.9 Å². The number of unbranched alkanes of at least 4 members (excludes halogenated alkanes) is 1. The Morgan fingerprint density at radius 1 is 1.28 bits per heavy atom. The molecule has 0 aromatic rings. The van der Waals surface area contributed by atoms with E-state index in [9.17, 15) is 14.4 Å². The van der Waals surface area contributed by atoms with Crippen LogP contribution in [-0.2, 0) is 19.1 Å². The monoisotopic (exact) mass is 258 g/mol. The van der Waals surface area contributed by atoms with Crippen molar-refractivity contribution in [2.75, 3.05) is 6.61 Å². The minimum absolute atomic E-state index is 0.222. The van der Waals surface area contributed by atoms with Crippen molar-refractivity contribution in [2.24, 2.45) is 5.92 Å². The van der Waals surface area contributed by atoms with Gasteiger partial charge in [-0.05, 0) is 13.3 Å². The molecule has 0 spiro atoms. The summed E-state index contributed by atoms with van der Waals surface area (Å²) in [6.45, 7) is 3.57. The summed E-state index contributed by atoms with van der Waals surface area (Å²) in [5.74, 6) is -4.76. The zero-order valence-corrected chi connectivity index (χ0v) is 10.5. The maximum atomic E-state index is 11.4. The molecule has 1 unspecified atom stereocenters. The predicted molar refractivity (Wildman–Crippen MR) is 63.0 cm³/mol. The summed E-state index contributed by atoms with van der Waals surface area (Å²) in [5, 5.41) is 17.8. The molecule has 6 heteroatoms. The lowest BCUT2D eigenvalue weighted by Crippen LogP contribution is -2.25. The van der Waals surface area contributed by atoms with Gasteiger partial charge in [-0.25, -0.2) is 4.79 Å². The molecule has 0 aromatic carbocycles. The van der Waals surface area contributed by atoms with Crippen LogP contribution in [0.2, 0.25) is 0 Å². The molecule has 0 aromatic heterocycles. The maximum absolute atomic E-state index is 11.4. The molecule has 6 nitrogen and oxygen atoms in total. The van der Waals surface area contributed by atoms with Gasteiger partial charge in [-0.2, -0.15) is 0 Å². The third kappa shape index (κ3) is 5.47. The fourth-order valence-corrected chi connectivity index (χ4v) is 1.36. The van der Waals surface area contributed by atoms with Crippen molar-refractivity contribution in [1.82, 2.24) is 0 Å². The summed E-state index contributed by atoms with van der Waals surface area (Å²) < 4.78 is 4.82. The fraction of sp³-hybridized carbons (Fsp3) is 0.583. The highest BCUT2D eigenvalue weighted by molar-refractivity contribution is 5.95. The van der Waals surface area contributed by atoms with Gasteiger partial charge < -0.3 is 14.9 Å². The highest BCUT2D eigenvalue weighted by Crippen LogP contribution is 2.17.